The van der Waals surface area contributed by atoms with Crippen LogP contribution in [-0.4, -0.2) is 0 Å². The molecule has 2 heteroatoms. The van der Waals surface area contributed by atoms with Gasteiger partial charge in [0, 0.05) is 6.42 Å². The lowest BCUT2D eigenvalue weighted by molar-refractivity contribution is 0.595. The summed E-state index contributed by atoms with van der Waals surface area (Å²) in [6, 6.07) is 9.67. The smallest absolute Gasteiger partial charge is 0.0839 e. The molecule has 14 heavy (non-hydrogen) atoms. The van der Waals surface area contributed by atoms with Crippen LogP contribution >= 0.6 is 7.80 Å². The van der Waals surface area contributed by atoms with Crippen LogP contribution in [0.1, 0.15) is 12.8 Å². The summed E-state index contributed by atoms with van der Waals surface area (Å²) in [5.41, 5.74) is 0. The zero-order valence-electron chi connectivity index (χ0n) is 7.89. The summed E-state index contributed by atoms with van der Waals surface area (Å²) in [5.74, 6) is 0. The van der Waals surface area contributed by atoms with Gasteiger partial charge >= 0.3 is 7.80 Å². The van der Waals surface area contributed by atoms with E-state index < -0.39 is 7.80 Å². The van der Waals surface area contributed by atoms with Gasteiger partial charge in [0.15, 0.2) is 10.6 Å². The third kappa shape index (κ3) is 2.00. The molecule has 70 valence electrons. The first kappa shape index (κ1) is 9.36. The molecule has 1 aromatic rings. The maximum absolute atomic E-state index is 12.0. The van der Waals surface area contributed by atoms with Crippen molar-refractivity contribution in [3.63, 3.8) is 0 Å². The van der Waals surface area contributed by atoms with E-state index in [1.807, 2.05) is 42.5 Å². The molecule has 0 radical (unpaired) electrons. The van der Waals surface area contributed by atoms with E-state index in [0.717, 1.165) is 23.5 Å². The lowest BCUT2D eigenvalue weighted by Crippen LogP contribution is -1.96. The van der Waals surface area contributed by atoms with E-state index in [1.165, 1.54) is 0 Å². The average molecular weight is 203 g/mol. The molecular formula is C12H12OP+. The predicted octanol–water partition coefficient (Wildman–Crippen LogP) is 3.37. The lowest BCUT2D eigenvalue weighted by atomic mass is 10.2. The van der Waals surface area contributed by atoms with Gasteiger partial charge in [0.25, 0.3) is 0 Å². The van der Waals surface area contributed by atoms with Crippen molar-refractivity contribution in [2.24, 2.45) is 0 Å². The topological polar surface area (TPSA) is 17.1 Å². The Morgan fingerprint density at radius 2 is 1.93 bits per heavy atom. The minimum atomic E-state index is -1.33. The SMILES string of the molecule is O=[P+](C1=CC=CCC1)c1ccccc1. The summed E-state index contributed by atoms with van der Waals surface area (Å²) in [6.07, 6.45) is 8.03. The van der Waals surface area contributed by atoms with Gasteiger partial charge in [-0.25, -0.2) is 0 Å². The maximum Gasteiger partial charge on any atom is 0.410 e. The van der Waals surface area contributed by atoms with Gasteiger partial charge in [0.2, 0.25) is 0 Å². The highest BCUT2D eigenvalue weighted by Crippen LogP contribution is 2.36. The van der Waals surface area contributed by atoms with Gasteiger partial charge in [0.05, 0.1) is 0 Å². The second kappa shape index (κ2) is 4.34. The molecule has 0 fully saturated rings. The molecule has 1 aromatic carbocycles. The highest BCUT2D eigenvalue weighted by atomic mass is 31.1. The summed E-state index contributed by atoms with van der Waals surface area (Å²) < 4.78 is 12.0. The van der Waals surface area contributed by atoms with E-state index in [-0.39, 0.29) is 0 Å². The second-order valence-electron chi connectivity index (χ2n) is 3.25. The molecule has 0 aliphatic heterocycles. The first-order valence-corrected chi connectivity index (χ1v) is 6.02. The molecule has 1 unspecified atom stereocenters. The van der Waals surface area contributed by atoms with E-state index in [0.29, 0.717) is 0 Å². The third-order valence-electron chi connectivity index (χ3n) is 2.24. The minimum absolute atomic E-state index is 0.931. The molecule has 0 aromatic heterocycles. The Morgan fingerprint density at radius 3 is 2.57 bits per heavy atom. The summed E-state index contributed by atoms with van der Waals surface area (Å²) in [5, 5.41) is 2.00. The molecule has 0 saturated carbocycles. The van der Waals surface area contributed by atoms with Gasteiger partial charge in [-0.05, 0) is 24.6 Å². The minimum Gasteiger partial charge on any atom is -0.0839 e. The fraction of sp³-hybridized carbons (Fsp3) is 0.167. The fourth-order valence-electron chi connectivity index (χ4n) is 1.49. The summed E-state index contributed by atoms with van der Waals surface area (Å²) in [6.45, 7) is 0. The molecule has 0 N–H and O–H groups in total. The molecular weight excluding hydrogens is 191 g/mol. The second-order valence-corrected chi connectivity index (χ2v) is 4.93. The molecule has 2 rings (SSSR count). The van der Waals surface area contributed by atoms with Crippen LogP contribution in [0.3, 0.4) is 0 Å². The van der Waals surface area contributed by atoms with Crippen LogP contribution in [-0.2, 0) is 4.57 Å². The van der Waals surface area contributed by atoms with Crippen LogP contribution in [0.25, 0.3) is 0 Å². The molecule has 0 saturated heterocycles. The number of hydrogen-bond donors (Lipinski definition) is 0. The first-order valence-electron chi connectivity index (χ1n) is 4.76. The predicted molar refractivity (Wildman–Crippen MR) is 60.1 cm³/mol. The first-order chi connectivity index (χ1) is 6.88. The van der Waals surface area contributed by atoms with Gasteiger partial charge in [-0.1, -0.05) is 34.9 Å². The standard InChI is InChI=1S/C12H12OP/c13-14(11-7-3-1-4-8-11)12-9-5-2-6-10-12/h1-5,7-9H,6,10H2/q+1. The van der Waals surface area contributed by atoms with E-state index in [9.17, 15) is 4.57 Å². The van der Waals surface area contributed by atoms with E-state index >= 15 is 0 Å². The van der Waals surface area contributed by atoms with Crippen molar-refractivity contribution in [3.8, 4) is 0 Å². The Balaban J connectivity index is 2.24. The van der Waals surface area contributed by atoms with Gasteiger partial charge < -0.3 is 0 Å². The number of rotatable bonds is 2. The number of allylic oxidation sites excluding steroid dienone is 4. The molecule has 1 aliphatic carbocycles. The van der Waals surface area contributed by atoms with Crippen LogP contribution in [0.15, 0.2) is 53.9 Å². The monoisotopic (exact) mass is 203 g/mol. The summed E-state index contributed by atoms with van der Waals surface area (Å²) in [7, 11) is -1.33. The van der Waals surface area contributed by atoms with Crippen molar-refractivity contribution in [3.05, 3.63) is 53.9 Å². The Morgan fingerprint density at radius 1 is 1.14 bits per heavy atom. The highest BCUT2D eigenvalue weighted by Gasteiger charge is 2.25. The van der Waals surface area contributed by atoms with Crippen molar-refractivity contribution < 1.29 is 4.57 Å². The number of benzene rings is 1. The Bertz CT molecular complexity index is 390. The van der Waals surface area contributed by atoms with E-state index in [4.69, 9.17) is 0 Å². The van der Waals surface area contributed by atoms with Gasteiger partial charge in [-0.15, -0.1) is 0 Å². The quantitative estimate of drug-likeness (QED) is 0.673. The number of hydrogen-bond acceptors (Lipinski definition) is 1. The molecule has 0 spiro atoms. The molecule has 1 aliphatic rings. The van der Waals surface area contributed by atoms with Gasteiger partial charge in [-0.3, -0.25) is 0 Å². The van der Waals surface area contributed by atoms with Crippen molar-refractivity contribution in [1.82, 2.24) is 0 Å². The van der Waals surface area contributed by atoms with Crippen molar-refractivity contribution in [2.75, 3.05) is 0 Å². The Hall–Kier alpha value is -1.20. The fourth-order valence-corrected chi connectivity index (χ4v) is 2.82. The Labute approximate surface area is 84.9 Å². The molecule has 0 bridgehead atoms. The van der Waals surface area contributed by atoms with Crippen molar-refractivity contribution >= 4 is 13.1 Å². The van der Waals surface area contributed by atoms with Crippen LogP contribution in [0.2, 0.25) is 0 Å². The molecule has 0 amide bonds. The average Bonchev–Trinajstić information content (AvgIpc) is 2.30. The van der Waals surface area contributed by atoms with Gasteiger partial charge in [0.1, 0.15) is 0 Å². The zero-order valence-corrected chi connectivity index (χ0v) is 8.78. The Kier molecular flexibility index (Phi) is 2.90. The van der Waals surface area contributed by atoms with Crippen LogP contribution in [0, 0.1) is 0 Å². The van der Waals surface area contributed by atoms with Crippen LogP contribution in [0.5, 0.6) is 0 Å². The third-order valence-corrected chi connectivity index (χ3v) is 3.90. The van der Waals surface area contributed by atoms with Gasteiger partial charge in [-0.2, -0.15) is 0 Å². The zero-order chi connectivity index (χ0) is 9.80. The normalized spacial score (nSPS) is 16.3. The van der Waals surface area contributed by atoms with Crippen molar-refractivity contribution in [1.29, 1.82) is 0 Å². The van der Waals surface area contributed by atoms with E-state index in [2.05, 4.69) is 6.08 Å². The van der Waals surface area contributed by atoms with Crippen LogP contribution in [0.4, 0.5) is 0 Å². The molecule has 1 atom stereocenters. The summed E-state index contributed by atoms with van der Waals surface area (Å²) in [4.78, 5) is 0. The largest absolute Gasteiger partial charge is 0.410 e. The molecule has 0 heterocycles. The highest BCUT2D eigenvalue weighted by molar-refractivity contribution is 7.57. The molecule has 1 nitrogen and oxygen atoms in total. The summed E-state index contributed by atoms with van der Waals surface area (Å²) >= 11 is 0. The lowest BCUT2D eigenvalue weighted by Gasteiger charge is -1.97. The van der Waals surface area contributed by atoms with Crippen LogP contribution < -0.4 is 5.30 Å². The maximum atomic E-state index is 12.0. The van der Waals surface area contributed by atoms with Crippen molar-refractivity contribution in [2.45, 2.75) is 12.8 Å². The van der Waals surface area contributed by atoms with E-state index in [1.54, 1.807) is 0 Å².